The first-order chi connectivity index (χ1) is 14.0. The molecule has 29 heavy (non-hydrogen) atoms. The van der Waals surface area contributed by atoms with Crippen molar-refractivity contribution in [1.29, 1.82) is 0 Å². The predicted octanol–water partition coefficient (Wildman–Crippen LogP) is 6.79. The number of ether oxygens (including phenoxy) is 2. The molecule has 156 valence electrons. The van der Waals surface area contributed by atoms with E-state index in [0.717, 1.165) is 38.2 Å². The van der Waals surface area contributed by atoms with Gasteiger partial charge in [0.2, 0.25) is 0 Å². The van der Waals surface area contributed by atoms with E-state index in [-0.39, 0.29) is 35.5 Å². The monoisotopic (exact) mass is 404 g/mol. The molecule has 2 aromatic carbocycles. The van der Waals surface area contributed by atoms with E-state index in [1.54, 1.807) is 6.07 Å². The van der Waals surface area contributed by atoms with Crippen LogP contribution in [0.15, 0.2) is 43.0 Å². The van der Waals surface area contributed by atoms with Crippen molar-refractivity contribution < 1.29 is 22.6 Å². The molecule has 5 heteroatoms. The summed E-state index contributed by atoms with van der Waals surface area (Å²) in [6, 6.07) is 7.17. The maximum atomic E-state index is 14.8. The fourth-order valence-electron chi connectivity index (χ4n) is 3.75. The van der Waals surface area contributed by atoms with Gasteiger partial charge in [-0.2, -0.15) is 0 Å². The molecule has 0 spiro atoms. The molecule has 0 aliphatic carbocycles. The van der Waals surface area contributed by atoms with E-state index in [0.29, 0.717) is 12.2 Å². The Kier molecular flexibility index (Phi) is 7.37. The number of hydrogen-bond donors (Lipinski definition) is 0. The maximum Gasteiger partial charge on any atom is 0.166 e. The Morgan fingerprint density at radius 1 is 1.14 bits per heavy atom. The SMILES string of the molecule is C=CCOc1ccc(-c2ccc(C3CCC(CCCC)OC3)c(F)c2F)cc1F. The van der Waals surface area contributed by atoms with Crippen LogP contribution in [0.25, 0.3) is 11.1 Å². The zero-order valence-corrected chi connectivity index (χ0v) is 16.7. The molecule has 1 heterocycles. The minimum atomic E-state index is -0.963. The molecule has 2 aromatic rings. The van der Waals surface area contributed by atoms with E-state index >= 15 is 0 Å². The predicted molar refractivity (Wildman–Crippen MR) is 109 cm³/mol. The van der Waals surface area contributed by atoms with E-state index in [9.17, 15) is 13.2 Å². The Morgan fingerprint density at radius 2 is 1.97 bits per heavy atom. The molecule has 3 rings (SSSR count). The standard InChI is InChI=1S/C24H27F3O2/c1-3-5-6-18-9-7-17(15-29-18)20-11-10-19(23(26)24(20)27)16-8-12-22(21(25)14-16)28-13-4-2/h4,8,10-12,14,17-18H,2-3,5-7,9,13,15H2,1H3. The van der Waals surface area contributed by atoms with E-state index in [1.165, 1.54) is 24.3 Å². The van der Waals surface area contributed by atoms with Gasteiger partial charge in [0.25, 0.3) is 0 Å². The number of benzene rings is 2. The lowest BCUT2D eigenvalue weighted by Gasteiger charge is -2.29. The summed E-state index contributed by atoms with van der Waals surface area (Å²) in [7, 11) is 0. The van der Waals surface area contributed by atoms with Gasteiger partial charge in [-0.3, -0.25) is 0 Å². The molecule has 2 unspecified atom stereocenters. The molecule has 2 nitrogen and oxygen atoms in total. The second kappa shape index (κ2) is 9.97. The first-order valence-corrected chi connectivity index (χ1v) is 10.2. The lowest BCUT2D eigenvalue weighted by atomic mass is 9.88. The van der Waals surface area contributed by atoms with Crippen LogP contribution >= 0.6 is 0 Å². The average Bonchev–Trinajstić information content (AvgIpc) is 2.74. The molecule has 1 fully saturated rings. The normalized spacial score (nSPS) is 19.2. The number of unbranched alkanes of at least 4 members (excludes halogenated alkanes) is 1. The van der Waals surface area contributed by atoms with E-state index < -0.39 is 17.5 Å². The van der Waals surface area contributed by atoms with Crippen LogP contribution in [0.4, 0.5) is 13.2 Å². The Bertz CT molecular complexity index is 842. The van der Waals surface area contributed by atoms with Gasteiger partial charge < -0.3 is 9.47 Å². The molecule has 2 atom stereocenters. The number of halogens is 3. The maximum absolute atomic E-state index is 14.8. The van der Waals surface area contributed by atoms with Crippen LogP contribution in [0, 0.1) is 17.5 Å². The van der Waals surface area contributed by atoms with Crippen LogP contribution in [-0.4, -0.2) is 19.3 Å². The van der Waals surface area contributed by atoms with E-state index in [2.05, 4.69) is 13.5 Å². The summed E-state index contributed by atoms with van der Waals surface area (Å²) in [6.45, 7) is 6.21. The van der Waals surface area contributed by atoms with Gasteiger partial charge in [-0.05, 0) is 42.5 Å². The van der Waals surface area contributed by atoms with Gasteiger partial charge in [0.15, 0.2) is 23.2 Å². The van der Waals surface area contributed by atoms with E-state index in [4.69, 9.17) is 9.47 Å². The molecule has 0 N–H and O–H groups in total. The molecule has 1 aliphatic heterocycles. The summed E-state index contributed by atoms with van der Waals surface area (Å²) in [5, 5.41) is 0. The molecule has 0 saturated carbocycles. The van der Waals surface area contributed by atoms with E-state index in [1.807, 2.05) is 0 Å². The van der Waals surface area contributed by atoms with Crippen molar-refractivity contribution in [3.05, 3.63) is 66.0 Å². The first-order valence-electron chi connectivity index (χ1n) is 10.2. The minimum absolute atomic E-state index is 0.0259. The van der Waals surface area contributed by atoms with Crippen molar-refractivity contribution in [3.63, 3.8) is 0 Å². The van der Waals surface area contributed by atoms with Crippen LogP contribution < -0.4 is 4.74 Å². The zero-order chi connectivity index (χ0) is 20.8. The van der Waals surface area contributed by atoms with Crippen molar-refractivity contribution in [1.82, 2.24) is 0 Å². The van der Waals surface area contributed by atoms with Crippen molar-refractivity contribution in [2.24, 2.45) is 0 Å². The highest BCUT2D eigenvalue weighted by atomic mass is 19.2. The molecule has 0 amide bonds. The molecule has 0 bridgehead atoms. The quantitative estimate of drug-likeness (QED) is 0.451. The topological polar surface area (TPSA) is 18.5 Å². The van der Waals surface area contributed by atoms with Gasteiger partial charge in [-0.15, -0.1) is 0 Å². The van der Waals surface area contributed by atoms with Gasteiger partial charge in [0.1, 0.15) is 6.61 Å². The molecule has 0 radical (unpaired) electrons. The molecule has 1 saturated heterocycles. The summed E-state index contributed by atoms with van der Waals surface area (Å²) in [4.78, 5) is 0. The molecular formula is C24H27F3O2. The lowest BCUT2D eigenvalue weighted by Crippen LogP contribution is -2.25. The summed E-state index contributed by atoms with van der Waals surface area (Å²) in [5.41, 5.74) is 0.612. The third kappa shape index (κ3) is 5.02. The van der Waals surface area contributed by atoms with Gasteiger partial charge in [-0.1, -0.05) is 50.6 Å². The van der Waals surface area contributed by atoms with Crippen molar-refractivity contribution >= 4 is 0 Å². The first kappa shape index (κ1) is 21.4. The second-order valence-electron chi connectivity index (χ2n) is 7.45. The summed E-state index contributed by atoms with van der Waals surface area (Å²) < 4.78 is 54.9. The number of rotatable bonds is 8. The second-order valence-corrected chi connectivity index (χ2v) is 7.45. The van der Waals surface area contributed by atoms with Crippen LogP contribution in [0.5, 0.6) is 5.75 Å². The van der Waals surface area contributed by atoms with Crippen LogP contribution in [0.2, 0.25) is 0 Å². The van der Waals surface area contributed by atoms with Crippen LogP contribution in [0.1, 0.15) is 50.5 Å². The Morgan fingerprint density at radius 3 is 2.62 bits per heavy atom. The van der Waals surface area contributed by atoms with Crippen molar-refractivity contribution in [2.45, 2.75) is 51.0 Å². The highest BCUT2D eigenvalue weighted by molar-refractivity contribution is 5.66. The summed E-state index contributed by atoms with van der Waals surface area (Å²) in [5.74, 6) is -2.59. The highest BCUT2D eigenvalue weighted by Crippen LogP contribution is 2.35. The fraction of sp³-hybridized carbons (Fsp3) is 0.417. The molecule has 0 aromatic heterocycles. The van der Waals surface area contributed by atoms with Gasteiger partial charge in [-0.25, -0.2) is 13.2 Å². The van der Waals surface area contributed by atoms with Crippen molar-refractivity contribution in [3.8, 4) is 16.9 Å². The van der Waals surface area contributed by atoms with Gasteiger partial charge >= 0.3 is 0 Å². The Labute approximate surface area is 170 Å². The lowest BCUT2D eigenvalue weighted by molar-refractivity contribution is -0.00258. The van der Waals surface area contributed by atoms with Gasteiger partial charge in [0.05, 0.1) is 12.7 Å². The summed E-state index contributed by atoms with van der Waals surface area (Å²) in [6.07, 6.45) is 6.58. The zero-order valence-electron chi connectivity index (χ0n) is 16.7. The third-order valence-corrected chi connectivity index (χ3v) is 5.40. The van der Waals surface area contributed by atoms with Crippen LogP contribution in [-0.2, 0) is 4.74 Å². The Hall–Kier alpha value is -2.27. The Balaban J connectivity index is 1.76. The number of hydrogen-bond acceptors (Lipinski definition) is 2. The van der Waals surface area contributed by atoms with Crippen LogP contribution in [0.3, 0.4) is 0 Å². The smallest absolute Gasteiger partial charge is 0.166 e. The fourth-order valence-corrected chi connectivity index (χ4v) is 3.75. The minimum Gasteiger partial charge on any atom is -0.486 e. The average molecular weight is 404 g/mol. The highest BCUT2D eigenvalue weighted by Gasteiger charge is 2.27. The summed E-state index contributed by atoms with van der Waals surface area (Å²) >= 11 is 0. The largest absolute Gasteiger partial charge is 0.486 e. The van der Waals surface area contributed by atoms with Crippen molar-refractivity contribution in [2.75, 3.05) is 13.2 Å². The molecule has 1 aliphatic rings. The third-order valence-electron chi connectivity index (χ3n) is 5.40. The van der Waals surface area contributed by atoms with Gasteiger partial charge in [0, 0.05) is 11.5 Å². The molecular weight excluding hydrogens is 377 g/mol.